The van der Waals surface area contributed by atoms with Crippen molar-refractivity contribution < 1.29 is 14.3 Å². The van der Waals surface area contributed by atoms with Gasteiger partial charge in [-0.2, -0.15) is 0 Å². The molecule has 0 aliphatic carbocycles. The molecule has 1 N–H and O–H groups in total. The van der Waals surface area contributed by atoms with Crippen LogP contribution in [0.4, 0.5) is 4.79 Å². The van der Waals surface area contributed by atoms with Crippen LogP contribution in [0.25, 0.3) is 0 Å². The van der Waals surface area contributed by atoms with Gasteiger partial charge in [0.1, 0.15) is 6.04 Å². The molecule has 0 aromatic heterocycles. The van der Waals surface area contributed by atoms with Gasteiger partial charge in [-0.05, 0) is 25.3 Å². The second-order valence-corrected chi connectivity index (χ2v) is 5.14. The standard InChI is InChI=1S/C16H22N2O3/c1-2-21-15(19)14(12-13-8-4-3-5-9-13)17-16(20)18-10-6-7-11-18/h3-5,8-9,14H,2,6-7,10-12H2,1H3,(H,17,20). The first-order chi connectivity index (χ1) is 10.2. The Morgan fingerprint density at radius 2 is 1.90 bits per heavy atom. The monoisotopic (exact) mass is 290 g/mol. The van der Waals surface area contributed by atoms with Crippen LogP contribution in [0.2, 0.25) is 0 Å². The zero-order valence-corrected chi connectivity index (χ0v) is 12.4. The maximum atomic E-state index is 12.2. The quantitative estimate of drug-likeness (QED) is 0.843. The molecule has 0 spiro atoms. The third-order valence-corrected chi connectivity index (χ3v) is 3.54. The van der Waals surface area contributed by atoms with Gasteiger partial charge in [-0.25, -0.2) is 9.59 Å². The molecule has 5 nitrogen and oxygen atoms in total. The van der Waals surface area contributed by atoms with Crippen LogP contribution in [0.15, 0.2) is 30.3 Å². The average molecular weight is 290 g/mol. The number of rotatable bonds is 5. The van der Waals surface area contributed by atoms with Crippen molar-refractivity contribution in [1.82, 2.24) is 10.2 Å². The highest BCUT2D eigenvalue weighted by molar-refractivity contribution is 5.84. The van der Waals surface area contributed by atoms with Crippen LogP contribution in [0.1, 0.15) is 25.3 Å². The Morgan fingerprint density at radius 3 is 2.52 bits per heavy atom. The Balaban J connectivity index is 2.01. The number of esters is 1. The van der Waals surface area contributed by atoms with Crippen LogP contribution >= 0.6 is 0 Å². The van der Waals surface area contributed by atoms with E-state index in [0.717, 1.165) is 31.5 Å². The van der Waals surface area contributed by atoms with E-state index in [0.29, 0.717) is 13.0 Å². The van der Waals surface area contributed by atoms with Crippen molar-refractivity contribution in [3.8, 4) is 0 Å². The summed E-state index contributed by atoms with van der Waals surface area (Å²) in [6.45, 7) is 3.59. The summed E-state index contributed by atoms with van der Waals surface area (Å²) in [4.78, 5) is 26.0. The number of carbonyl (C=O) groups is 2. The van der Waals surface area contributed by atoms with Gasteiger partial charge in [0.25, 0.3) is 0 Å². The molecular formula is C16H22N2O3. The zero-order chi connectivity index (χ0) is 15.1. The first-order valence-electron chi connectivity index (χ1n) is 7.46. The predicted octanol–water partition coefficient (Wildman–Crippen LogP) is 1.97. The number of likely N-dealkylation sites (tertiary alicyclic amines) is 1. The average Bonchev–Trinajstić information content (AvgIpc) is 3.02. The molecule has 114 valence electrons. The SMILES string of the molecule is CCOC(=O)C(Cc1ccccc1)NC(=O)N1CCCC1. The number of amides is 2. The van der Waals surface area contributed by atoms with Crippen LogP contribution in [0, 0.1) is 0 Å². The minimum absolute atomic E-state index is 0.179. The minimum Gasteiger partial charge on any atom is -0.464 e. The Kier molecular flexibility index (Phi) is 5.60. The fourth-order valence-electron chi connectivity index (χ4n) is 2.45. The third kappa shape index (κ3) is 4.48. The molecule has 1 unspecified atom stereocenters. The number of nitrogens with zero attached hydrogens (tertiary/aromatic N) is 1. The van der Waals surface area contributed by atoms with E-state index >= 15 is 0 Å². The van der Waals surface area contributed by atoms with Crippen LogP contribution in [-0.2, 0) is 16.0 Å². The lowest BCUT2D eigenvalue weighted by atomic mass is 10.1. The molecule has 0 saturated carbocycles. The van der Waals surface area contributed by atoms with Crippen LogP contribution in [-0.4, -0.2) is 42.6 Å². The Bertz CT molecular complexity index is 470. The third-order valence-electron chi connectivity index (χ3n) is 3.54. The largest absolute Gasteiger partial charge is 0.464 e. The summed E-state index contributed by atoms with van der Waals surface area (Å²) in [5.41, 5.74) is 0.997. The van der Waals surface area contributed by atoms with Crippen molar-refractivity contribution in [2.75, 3.05) is 19.7 Å². The van der Waals surface area contributed by atoms with Crippen molar-refractivity contribution in [1.29, 1.82) is 0 Å². The number of hydrogen-bond acceptors (Lipinski definition) is 3. The molecule has 1 saturated heterocycles. The summed E-state index contributed by atoms with van der Waals surface area (Å²) in [6.07, 6.45) is 2.49. The van der Waals surface area contributed by atoms with Gasteiger partial charge in [-0.15, -0.1) is 0 Å². The second-order valence-electron chi connectivity index (χ2n) is 5.14. The molecule has 2 amide bonds. The number of benzene rings is 1. The fraction of sp³-hybridized carbons (Fsp3) is 0.500. The fourth-order valence-corrected chi connectivity index (χ4v) is 2.45. The normalized spacial score (nSPS) is 15.6. The van der Waals surface area contributed by atoms with Gasteiger partial charge < -0.3 is 15.0 Å². The summed E-state index contributed by atoms with van der Waals surface area (Å²) in [5.74, 6) is -0.381. The molecule has 2 rings (SSSR count). The molecule has 21 heavy (non-hydrogen) atoms. The van der Waals surface area contributed by atoms with Gasteiger partial charge in [0.15, 0.2) is 0 Å². The Labute approximate surface area is 125 Å². The maximum Gasteiger partial charge on any atom is 0.329 e. The van der Waals surface area contributed by atoms with E-state index in [1.165, 1.54) is 0 Å². The van der Waals surface area contributed by atoms with Crippen molar-refractivity contribution >= 4 is 12.0 Å². The number of ether oxygens (including phenoxy) is 1. The van der Waals surface area contributed by atoms with Gasteiger partial charge in [0, 0.05) is 19.5 Å². The van der Waals surface area contributed by atoms with E-state index < -0.39 is 6.04 Å². The minimum atomic E-state index is -0.638. The maximum absolute atomic E-state index is 12.2. The summed E-state index contributed by atoms with van der Waals surface area (Å²) in [7, 11) is 0. The summed E-state index contributed by atoms with van der Waals surface area (Å²) in [5, 5.41) is 2.80. The molecule has 0 radical (unpaired) electrons. The van der Waals surface area contributed by atoms with Crippen LogP contribution in [0.3, 0.4) is 0 Å². The second kappa shape index (κ2) is 7.67. The first kappa shape index (κ1) is 15.4. The van der Waals surface area contributed by atoms with Gasteiger partial charge >= 0.3 is 12.0 Å². The smallest absolute Gasteiger partial charge is 0.329 e. The van der Waals surface area contributed by atoms with Gasteiger partial charge in [-0.1, -0.05) is 30.3 Å². The molecule has 1 aromatic rings. The lowest BCUT2D eigenvalue weighted by Crippen LogP contribution is -2.48. The lowest BCUT2D eigenvalue weighted by Gasteiger charge is -2.22. The van der Waals surface area contributed by atoms with E-state index in [2.05, 4.69) is 5.32 Å². The van der Waals surface area contributed by atoms with E-state index in [9.17, 15) is 9.59 Å². The highest BCUT2D eigenvalue weighted by Crippen LogP contribution is 2.09. The molecule has 1 aliphatic rings. The molecule has 1 fully saturated rings. The molecule has 1 aromatic carbocycles. The molecule has 5 heteroatoms. The van der Waals surface area contributed by atoms with Crippen molar-refractivity contribution in [3.05, 3.63) is 35.9 Å². The van der Waals surface area contributed by atoms with Gasteiger partial charge in [0.2, 0.25) is 0 Å². The van der Waals surface area contributed by atoms with Crippen LogP contribution < -0.4 is 5.32 Å². The molecule has 0 bridgehead atoms. The lowest BCUT2D eigenvalue weighted by molar-refractivity contribution is -0.145. The van der Waals surface area contributed by atoms with E-state index in [4.69, 9.17) is 4.74 Å². The van der Waals surface area contributed by atoms with E-state index in [-0.39, 0.29) is 12.0 Å². The summed E-state index contributed by atoms with van der Waals surface area (Å²) >= 11 is 0. The highest BCUT2D eigenvalue weighted by atomic mass is 16.5. The van der Waals surface area contributed by atoms with Crippen molar-refractivity contribution in [2.24, 2.45) is 0 Å². The van der Waals surface area contributed by atoms with E-state index in [1.54, 1.807) is 11.8 Å². The summed E-state index contributed by atoms with van der Waals surface area (Å²) < 4.78 is 5.07. The number of hydrogen-bond donors (Lipinski definition) is 1. The molecule has 1 heterocycles. The Morgan fingerprint density at radius 1 is 1.24 bits per heavy atom. The van der Waals surface area contributed by atoms with Crippen molar-refractivity contribution in [2.45, 2.75) is 32.2 Å². The number of urea groups is 1. The predicted molar refractivity (Wildman–Crippen MR) is 79.9 cm³/mol. The van der Waals surface area contributed by atoms with Gasteiger partial charge in [0.05, 0.1) is 6.61 Å². The molecule has 1 aliphatic heterocycles. The zero-order valence-electron chi connectivity index (χ0n) is 12.4. The molecule has 1 atom stereocenters. The van der Waals surface area contributed by atoms with E-state index in [1.807, 2.05) is 30.3 Å². The topological polar surface area (TPSA) is 58.6 Å². The van der Waals surface area contributed by atoms with Gasteiger partial charge in [-0.3, -0.25) is 0 Å². The Hall–Kier alpha value is -2.04. The number of nitrogens with one attached hydrogen (secondary N) is 1. The number of carbonyl (C=O) groups excluding carboxylic acids is 2. The first-order valence-corrected chi connectivity index (χ1v) is 7.46. The van der Waals surface area contributed by atoms with Crippen molar-refractivity contribution in [3.63, 3.8) is 0 Å². The highest BCUT2D eigenvalue weighted by Gasteiger charge is 2.26. The molecular weight excluding hydrogens is 268 g/mol. The van der Waals surface area contributed by atoms with Crippen LogP contribution in [0.5, 0.6) is 0 Å². The summed E-state index contributed by atoms with van der Waals surface area (Å²) in [6, 6.07) is 8.82.